The van der Waals surface area contributed by atoms with Crippen LogP contribution < -0.4 is 0 Å². The van der Waals surface area contributed by atoms with Crippen LogP contribution in [0.2, 0.25) is 0 Å². The van der Waals surface area contributed by atoms with Gasteiger partial charge in [0, 0.05) is 5.92 Å². The first-order chi connectivity index (χ1) is 5.01. The van der Waals surface area contributed by atoms with Gasteiger partial charge in [0.05, 0.1) is 19.3 Å². The zero-order valence-corrected chi connectivity index (χ0v) is 7.33. The van der Waals surface area contributed by atoms with Crippen molar-refractivity contribution >= 4 is 0 Å². The summed E-state index contributed by atoms with van der Waals surface area (Å²) in [5.74, 6) is -0.372. The van der Waals surface area contributed by atoms with Crippen LogP contribution in [0, 0.1) is 5.92 Å². The molecule has 1 fully saturated rings. The number of hydrogen-bond acceptors (Lipinski definition) is 3. The zero-order valence-electron chi connectivity index (χ0n) is 7.33. The van der Waals surface area contributed by atoms with Gasteiger partial charge in [0.1, 0.15) is 0 Å². The van der Waals surface area contributed by atoms with Crippen LogP contribution in [-0.2, 0) is 9.47 Å². The molecule has 1 aliphatic rings. The highest BCUT2D eigenvalue weighted by atomic mass is 16.7. The molecule has 1 saturated heterocycles. The molecular weight excluding hydrogens is 144 g/mol. The lowest BCUT2D eigenvalue weighted by molar-refractivity contribution is -0.204. The Morgan fingerprint density at radius 2 is 1.82 bits per heavy atom. The molecule has 0 saturated carbocycles. The molecule has 3 nitrogen and oxygen atoms in total. The highest BCUT2D eigenvalue weighted by Crippen LogP contribution is 2.19. The largest absolute Gasteiger partial charge is 0.390 e. The quantitative estimate of drug-likeness (QED) is 0.568. The van der Waals surface area contributed by atoms with E-state index in [1.807, 2.05) is 20.8 Å². The summed E-state index contributed by atoms with van der Waals surface area (Å²) in [6, 6.07) is 0. The number of aliphatic hydroxyl groups excluding tert-OH is 1. The Bertz CT molecular complexity index is 119. The van der Waals surface area contributed by atoms with Gasteiger partial charge in [-0.1, -0.05) is 6.92 Å². The summed E-state index contributed by atoms with van der Waals surface area (Å²) in [6.07, 6.45) is -0.392. The predicted molar refractivity (Wildman–Crippen MR) is 41.2 cm³/mol. The van der Waals surface area contributed by atoms with Gasteiger partial charge in [-0.15, -0.1) is 0 Å². The SMILES string of the molecule is C[C@@H]1COC(C)(C)OC[C@H]1O. The average Bonchev–Trinajstić information content (AvgIpc) is 2.03. The number of rotatable bonds is 0. The molecule has 0 aromatic carbocycles. The Labute approximate surface area is 67.3 Å². The van der Waals surface area contributed by atoms with Crippen LogP contribution in [0.4, 0.5) is 0 Å². The molecule has 0 unspecified atom stereocenters. The summed E-state index contributed by atoms with van der Waals surface area (Å²) in [5, 5.41) is 9.38. The van der Waals surface area contributed by atoms with Crippen LogP contribution in [-0.4, -0.2) is 30.2 Å². The highest BCUT2D eigenvalue weighted by Gasteiger charge is 2.28. The average molecular weight is 160 g/mol. The third-order valence-electron chi connectivity index (χ3n) is 1.95. The van der Waals surface area contributed by atoms with Crippen molar-refractivity contribution in [2.75, 3.05) is 13.2 Å². The van der Waals surface area contributed by atoms with Gasteiger partial charge in [-0.3, -0.25) is 0 Å². The van der Waals surface area contributed by atoms with Crippen LogP contribution in [0.15, 0.2) is 0 Å². The van der Waals surface area contributed by atoms with Crippen LogP contribution in [0.5, 0.6) is 0 Å². The van der Waals surface area contributed by atoms with Crippen LogP contribution in [0.3, 0.4) is 0 Å². The molecule has 1 heterocycles. The van der Waals surface area contributed by atoms with E-state index < -0.39 is 11.9 Å². The third-order valence-corrected chi connectivity index (χ3v) is 1.95. The summed E-state index contributed by atoms with van der Waals surface area (Å²) < 4.78 is 10.7. The smallest absolute Gasteiger partial charge is 0.162 e. The van der Waals surface area contributed by atoms with E-state index in [1.165, 1.54) is 0 Å². The maximum atomic E-state index is 9.38. The third kappa shape index (κ3) is 2.43. The van der Waals surface area contributed by atoms with E-state index in [1.54, 1.807) is 0 Å². The second-order valence-electron chi connectivity index (χ2n) is 3.57. The second kappa shape index (κ2) is 3.09. The number of ether oxygens (including phenoxy) is 2. The topological polar surface area (TPSA) is 38.7 Å². The molecule has 0 bridgehead atoms. The molecule has 1 aliphatic heterocycles. The molecule has 11 heavy (non-hydrogen) atoms. The fraction of sp³-hybridized carbons (Fsp3) is 1.00. The lowest BCUT2D eigenvalue weighted by Crippen LogP contribution is -2.27. The van der Waals surface area contributed by atoms with Gasteiger partial charge in [-0.2, -0.15) is 0 Å². The van der Waals surface area contributed by atoms with Gasteiger partial charge in [0.25, 0.3) is 0 Å². The summed E-state index contributed by atoms with van der Waals surface area (Å²) in [7, 11) is 0. The molecule has 0 aromatic rings. The Morgan fingerprint density at radius 3 is 2.45 bits per heavy atom. The molecule has 0 aliphatic carbocycles. The molecule has 1 rings (SSSR count). The minimum atomic E-state index is -0.536. The van der Waals surface area contributed by atoms with Crippen molar-refractivity contribution in [1.29, 1.82) is 0 Å². The van der Waals surface area contributed by atoms with Crippen LogP contribution in [0.1, 0.15) is 20.8 Å². The van der Waals surface area contributed by atoms with E-state index >= 15 is 0 Å². The molecule has 0 amide bonds. The Balaban J connectivity index is 2.51. The van der Waals surface area contributed by atoms with Crippen molar-refractivity contribution in [3.8, 4) is 0 Å². The van der Waals surface area contributed by atoms with E-state index in [2.05, 4.69) is 0 Å². The van der Waals surface area contributed by atoms with E-state index in [9.17, 15) is 5.11 Å². The van der Waals surface area contributed by atoms with E-state index in [0.29, 0.717) is 13.2 Å². The molecular formula is C8H16O3. The Morgan fingerprint density at radius 1 is 1.27 bits per heavy atom. The minimum absolute atomic E-state index is 0.164. The predicted octanol–water partition coefficient (Wildman–Crippen LogP) is 0.766. The van der Waals surface area contributed by atoms with E-state index in [0.717, 1.165) is 0 Å². The number of aliphatic hydroxyl groups is 1. The Kier molecular flexibility index (Phi) is 2.52. The monoisotopic (exact) mass is 160 g/mol. The van der Waals surface area contributed by atoms with Crippen LogP contribution in [0.25, 0.3) is 0 Å². The maximum absolute atomic E-state index is 9.38. The molecule has 0 spiro atoms. The fourth-order valence-electron chi connectivity index (χ4n) is 0.935. The van der Waals surface area contributed by atoms with Crippen molar-refractivity contribution in [1.82, 2.24) is 0 Å². The summed E-state index contributed by atoms with van der Waals surface area (Å²) in [4.78, 5) is 0. The van der Waals surface area contributed by atoms with Crippen molar-refractivity contribution < 1.29 is 14.6 Å². The van der Waals surface area contributed by atoms with Crippen LogP contribution >= 0.6 is 0 Å². The van der Waals surface area contributed by atoms with Gasteiger partial charge >= 0.3 is 0 Å². The summed E-state index contributed by atoms with van der Waals surface area (Å²) in [5.41, 5.74) is 0. The molecule has 66 valence electrons. The summed E-state index contributed by atoms with van der Waals surface area (Å²) >= 11 is 0. The lowest BCUT2D eigenvalue weighted by Gasteiger charge is -2.22. The first-order valence-corrected chi connectivity index (χ1v) is 3.97. The zero-order chi connectivity index (χ0) is 8.48. The molecule has 1 N–H and O–H groups in total. The van der Waals surface area contributed by atoms with E-state index in [4.69, 9.17) is 9.47 Å². The molecule has 2 atom stereocenters. The normalized spacial score (nSPS) is 38.2. The molecule has 0 aromatic heterocycles. The van der Waals surface area contributed by atoms with Crippen molar-refractivity contribution in [2.24, 2.45) is 5.92 Å². The molecule has 3 heteroatoms. The van der Waals surface area contributed by atoms with Gasteiger partial charge in [-0.05, 0) is 13.8 Å². The first kappa shape index (κ1) is 8.97. The summed E-state index contributed by atoms with van der Waals surface area (Å²) in [6.45, 7) is 6.60. The van der Waals surface area contributed by atoms with Crippen molar-refractivity contribution in [3.63, 3.8) is 0 Å². The van der Waals surface area contributed by atoms with Gasteiger partial charge in [-0.25, -0.2) is 0 Å². The van der Waals surface area contributed by atoms with Gasteiger partial charge < -0.3 is 14.6 Å². The molecule has 0 radical (unpaired) electrons. The first-order valence-electron chi connectivity index (χ1n) is 3.97. The van der Waals surface area contributed by atoms with Gasteiger partial charge in [0.2, 0.25) is 0 Å². The second-order valence-corrected chi connectivity index (χ2v) is 3.57. The standard InChI is InChI=1S/C8H16O3/c1-6-4-10-8(2,3)11-5-7(6)9/h6-7,9H,4-5H2,1-3H3/t6-,7-/m1/s1. The Hall–Kier alpha value is -0.120. The highest BCUT2D eigenvalue weighted by molar-refractivity contribution is 4.69. The lowest BCUT2D eigenvalue weighted by atomic mass is 10.1. The van der Waals surface area contributed by atoms with Crippen molar-refractivity contribution in [2.45, 2.75) is 32.7 Å². The fourth-order valence-corrected chi connectivity index (χ4v) is 0.935. The number of hydrogen-bond donors (Lipinski definition) is 1. The maximum Gasteiger partial charge on any atom is 0.162 e. The van der Waals surface area contributed by atoms with Gasteiger partial charge in [0.15, 0.2) is 5.79 Å². The van der Waals surface area contributed by atoms with Crippen molar-refractivity contribution in [3.05, 3.63) is 0 Å². The van der Waals surface area contributed by atoms with E-state index in [-0.39, 0.29) is 5.92 Å². The minimum Gasteiger partial charge on any atom is -0.390 e.